The molecule has 2 aromatic heterocycles. The lowest BCUT2D eigenvalue weighted by Gasteiger charge is -2.43. The molecule has 3 saturated heterocycles. The van der Waals surface area contributed by atoms with Crippen molar-refractivity contribution in [1.29, 1.82) is 5.26 Å². The van der Waals surface area contributed by atoms with Crippen LogP contribution in [0.3, 0.4) is 0 Å². The number of alkyl halides is 1. The molecule has 1 aromatic carbocycles. The largest absolute Gasteiger partial charge is 0.486 e. The maximum Gasteiger partial charge on any atom is 0.239 e. The van der Waals surface area contributed by atoms with Crippen molar-refractivity contribution >= 4 is 17.3 Å². The zero-order valence-electron chi connectivity index (χ0n) is 22.9. The third kappa shape index (κ3) is 6.02. The average Bonchev–Trinajstić information content (AvgIpc) is 2.98. The van der Waals surface area contributed by atoms with Crippen molar-refractivity contribution in [2.75, 3.05) is 69.8 Å². The maximum absolute atomic E-state index is 14.2. The normalized spacial score (nSPS) is 21.5. The van der Waals surface area contributed by atoms with E-state index in [1.165, 1.54) is 6.33 Å². The van der Waals surface area contributed by atoms with Gasteiger partial charge in [0.15, 0.2) is 0 Å². The first-order valence-electron chi connectivity index (χ1n) is 13.9. The summed E-state index contributed by atoms with van der Waals surface area (Å²) in [5.74, 6) is 2.04. The number of benzene rings is 1. The summed E-state index contributed by atoms with van der Waals surface area (Å²) in [7, 11) is 1.62. The SMILES string of the molecule is COc1nc(Nc2cc(-c3ccc(O[C@H]4CCNC[C@H]4F)c(C#N)c3)ncn2)ccc1N1CCN(C2COC2)CC1. The molecule has 6 rings (SSSR count). The van der Waals surface area contributed by atoms with E-state index < -0.39 is 12.3 Å². The van der Waals surface area contributed by atoms with E-state index >= 15 is 0 Å². The molecule has 2 N–H and O–H groups in total. The van der Waals surface area contributed by atoms with E-state index in [0.29, 0.717) is 53.5 Å². The Morgan fingerprint density at radius 2 is 1.95 bits per heavy atom. The maximum atomic E-state index is 14.2. The third-order valence-corrected chi connectivity index (χ3v) is 7.77. The number of pyridine rings is 1. The highest BCUT2D eigenvalue weighted by Crippen LogP contribution is 2.32. The minimum Gasteiger partial charge on any atom is -0.486 e. The molecule has 0 bridgehead atoms. The van der Waals surface area contributed by atoms with Crippen LogP contribution in [0.4, 0.5) is 21.7 Å². The molecule has 3 fully saturated rings. The molecule has 11 nitrogen and oxygen atoms in total. The number of nitrogens with one attached hydrogen (secondary N) is 2. The zero-order chi connectivity index (χ0) is 28.2. The number of hydrogen-bond acceptors (Lipinski definition) is 11. The molecule has 0 spiro atoms. The van der Waals surface area contributed by atoms with Gasteiger partial charge in [0.2, 0.25) is 5.88 Å². The molecule has 41 heavy (non-hydrogen) atoms. The van der Waals surface area contributed by atoms with Crippen LogP contribution in [0.5, 0.6) is 11.6 Å². The second-order valence-electron chi connectivity index (χ2n) is 10.3. The van der Waals surface area contributed by atoms with Crippen LogP contribution in [0, 0.1) is 11.3 Å². The van der Waals surface area contributed by atoms with Crippen molar-refractivity contribution in [3.63, 3.8) is 0 Å². The lowest BCUT2D eigenvalue weighted by Crippen LogP contribution is -2.56. The Kier molecular flexibility index (Phi) is 8.09. The predicted molar refractivity (Wildman–Crippen MR) is 151 cm³/mol. The van der Waals surface area contributed by atoms with Crippen LogP contribution >= 0.6 is 0 Å². The fraction of sp³-hybridized carbons (Fsp3) is 0.448. The minimum atomic E-state index is -1.12. The van der Waals surface area contributed by atoms with E-state index in [2.05, 4.69) is 41.5 Å². The Morgan fingerprint density at radius 3 is 2.68 bits per heavy atom. The van der Waals surface area contributed by atoms with Gasteiger partial charge in [-0.15, -0.1) is 0 Å². The van der Waals surface area contributed by atoms with Crippen molar-refractivity contribution in [2.24, 2.45) is 0 Å². The Balaban J connectivity index is 1.14. The summed E-state index contributed by atoms with van der Waals surface area (Å²) >= 11 is 0. The fourth-order valence-corrected chi connectivity index (χ4v) is 5.34. The highest BCUT2D eigenvalue weighted by molar-refractivity contribution is 5.68. The second kappa shape index (κ2) is 12.2. The van der Waals surface area contributed by atoms with Gasteiger partial charge in [0, 0.05) is 44.4 Å². The van der Waals surface area contributed by atoms with Crippen molar-refractivity contribution in [3.8, 4) is 29.0 Å². The minimum absolute atomic E-state index is 0.248. The van der Waals surface area contributed by atoms with E-state index in [-0.39, 0.29) is 6.54 Å². The van der Waals surface area contributed by atoms with Crippen LogP contribution in [0.2, 0.25) is 0 Å². The standard InChI is InChI=1S/C29H33FN8O3/c1-39-29-24(38-10-8-37(9-11-38)21-16-40-17-21)3-5-27(36-29)35-28-13-23(33-18-34-28)19-2-4-25(20(12-19)14-31)41-26-6-7-32-15-22(26)30/h2-5,12-13,18,21-22,26,32H,6-11,15-17H2,1H3,(H,33,34,35,36)/t22-,26+/m1/s1. The van der Waals surface area contributed by atoms with Gasteiger partial charge < -0.3 is 29.7 Å². The van der Waals surface area contributed by atoms with Crippen LogP contribution in [-0.2, 0) is 4.74 Å². The van der Waals surface area contributed by atoms with Crippen molar-refractivity contribution in [3.05, 3.63) is 48.3 Å². The first kappa shape index (κ1) is 27.1. The smallest absolute Gasteiger partial charge is 0.239 e. The molecular weight excluding hydrogens is 527 g/mol. The van der Waals surface area contributed by atoms with Gasteiger partial charge in [0.05, 0.1) is 37.6 Å². The van der Waals surface area contributed by atoms with E-state index in [0.717, 1.165) is 50.6 Å². The molecule has 3 aliphatic rings. The number of piperidine rings is 1. The highest BCUT2D eigenvalue weighted by atomic mass is 19.1. The van der Waals surface area contributed by atoms with Gasteiger partial charge in [0.1, 0.15) is 47.7 Å². The zero-order valence-corrected chi connectivity index (χ0v) is 22.9. The molecule has 2 atom stereocenters. The number of anilines is 3. The van der Waals surface area contributed by atoms with Gasteiger partial charge in [0.25, 0.3) is 0 Å². The van der Waals surface area contributed by atoms with E-state index in [9.17, 15) is 9.65 Å². The first-order valence-corrected chi connectivity index (χ1v) is 13.9. The Bertz CT molecular complexity index is 1410. The summed E-state index contributed by atoms with van der Waals surface area (Å²) in [6.07, 6.45) is 0.299. The lowest BCUT2D eigenvalue weighted by molar-refractivity contribution is -0.0660. The first-order chi connectivity index (χ1) is 20.1. The number of methoxy groups -OCH3 is 1. The Morgan fingerprint density at radius 1 is 1.10 bits per heavy atom. The Labute approximate surface area is 238 Å². The van der Waals surface area contributed by atoms with Gasteiger partial charge in [-0.3, -0.25) is 4.90 Å². The quantitative estimate of drug-likeness (QED) is 0.423. The Hall–Kier alpha value is -4.05. The number of rotatable bonds is 8. The summed E-state index contributed by atoms with van der Waals surface area (Å²) in [5.41, 5.74) is 2.62. The highest BCUT2D eigenvalue weighted by Gasteiger charge is 2.30. The molecule has 5 heterocycles. The second-order valence-corrected chi connectivity index (χ2v) is 10.3. The number of ether oxygens (including phenoxy) is 3. The van der Waals surface area contributed by atoms with Crippen molar-refractivity contribution < 1.29 is 18.6 Å². The number of piperazine rings is 1. The van der Waals surface area contributed by atoms with Crippen molar-refractivity contribution in [1.82, 2.24) is 25.2 Å². The lowest BCUT2D eigenvalue weighted by atomic mass is 10.1. The van der Waals surface area contributed by atoms with E-state index in [1.807, 2.05) is 18.2 Å². The third-order valence-electron chi connectivity index (χ3n) is 7.77. The molecule has 0 amide bonds. The molecule has 0 saturated carbocycles. The van der Waals surface area contributed by atoms with E-state index in [4.69, 9.17) is 14.2 Å². The van der Waals surface area contributed by atoms with Crippen molar-refractivity contribution in [2.45, 2.75) is 24.7 Å². The molecule has 0 unspecified atom stereocenters. The monoisotopic (exact) mass is 560 g/mol. The number of nitriles is 1. The van der Waals surface area contributed by atoms with Gasteiger partial charge in [-0.05, 0) is 43.3 Å². The topological polar surface area (TPSA) is 121 Å². The summed E-state index contributed by atoms with van der Waals surface area (Å²) < 4.78 is 31.1. The molecule has 3 aromatic rings. The molecule has 0 radical (unpaired) electrons. The average molecular weight is 561 g/mol. The molecule has 3 aliphatic heterocycles. The molecule has 12 heteroatoms. The van der Waals surface area contributed by atoms with Gasteiger partial charge in [-0.2, -0.15) is 10.2 Å². The summed E-state index contributed by atoms with van der Waals surface area (Å²) in [6.45, 7) is 6.35. The predicted octanol–water partition coefficient (Wildman–Crippen LogP) is 2.76. The summed E-state index contributed by atoms with van der Waals surface area (Å²) in [4.78, 5) is 18.2. The van der Waals surface area contributed by atoms with Crippen LogP contribution < -0.4 is 25.0 Å². The van der Waals surface area contributed by atoms with Crippen LogP contribution in [0.15, 0.2) is 42.7 Å². The molecular formula is C29H33FN8O3. The van der Waals surface area contributed by atoms with Gasteiger partial charge >= 0.3 is 0 Å². The number of hydrogen-bond donors (Lipinski definition) is 2. The van der Waals surface area contributed by atoms with Crippen LogP contribution in [0.1, 0.15) is 12.0 Å². The molecule has 214 valence electrons. The van der Waals surface area contributed by atoms with Crippen LogP contribution in [-0.4, -0.2) is 97.8 Å². The fourth-order valence-electron chi connectivity index (χ4n) is 5.34. The number of aromatic nitrogens is 3. The number of nitrogens with zero attached hydrogens (tertiary/aromatic N) is 6. The van der Waals surface area contributed by atoms with Gasteiger partial charge in [-0.25, -0.2) is 14.4 Å². The summed E-state index contributed by atoms with van der Waals surface area (Å²) in [5, 5.41) is 16.0. The number of halogens is 1. The van der Waals surface area contributed by atoms with E-state index in [1.54, 1.807) is 25.3 Å². The van der Waals surface area contributed by atoms with Gasteiger partial charge in [-0.1, -0.05) is 0 Å². The summed E-state index contributed by atoms with van der Waals surface area (Å²) in [6, 6.07) is 13.6. The molecule has 0 aliphatic carbocycles. The van der Waals surface area contributed by atoms with Crippen LogP contribution in [0.25, 0.3) is 11.3 Å².